The summed E-state index contributed by atoms with van der Waals surface area (Å²) in [5, 5.41) is 22.6. The van der Waals surface area contributed by atoms with Crippen LogP contribution in [0.5, 0.6) is 0 Å². The van der Waals surface area contributed by atoms with Gasteiger partial charge in [-0.15, -0.1) is 0 Å². The molecule has 1 aliphatic heterocycles. The number of anilines is 1. The largest absolute Gasteiger partial charge is 0.498 e. The molecule has 6 aromatic rings. The molecule has 0 bridgehead atoms. The van der Waals surface area contributed by atoms with Crippen molar-refractivity contribution in [1.29, 1.82) is 0 Å². The van der Waals surface area contributed by atoms with Crippen LogP contribution in [0, 0.1) is 37.7 Å². The van der Waals surface area contributed by atoms with Crippen LogP contribution >= 0.6 is 50.7 Å². The minimum Gasteiger partial charge on any atom is -0.399 e. The van der Waals surface area contributed by atoms with Gasteiger partial charge in [0.25, 0.3) is 0 Å². The van der Waals surface area contributed by atoms with Gasteiger partial charge in [-0.2, -0.15) is 8.78 Å². The molecule has 0 aliphatic carbocycles. The highest BCUT2D eigenvalue weighted by atomic mass is 79.9. The summed E-state index contributed by atoms with van der Waals surface area (Å²) >= 11 is 20.5. The average molecular weight is 935 g/mol. The Bertz CT molecular complexity index is 2440. The lowest BCUT2D eigenvalue weighted by Gasteiger charge is -2.32. The van der Waals surface area contributed by atoms with Crippen LogP contribution in [0.2, 0.25) is 15.1 Å². The van der Waals surface area contributed by atoms with Crippen molar-refractivity contribution in [3.05, 3.63) is 167 Å². The first-order valence-corrected chi connectivity index (χ1v) is 18.9. The highest BCUT2D eigenvalue weighted by molar-refractivity contribution is 9.10. The van der Waals surface area contributed by atoms with Crippen LogP contribution in [0.15, 0.2) is 114 Å². The Morgan fingerprint density at radius 1 is 0.627 bits per heavy atom. The number of benzene rings is 3. The topological polar surface area (TPSA) is 169 Å². The molecular weight excluding hydrogens is 903 g/mol. The number of nitro benzene ring substituents is 2. The molecule has 1 aliphatic rings. The lowest BCUT2D eigenvalue weighted by molar-refractivity contribution is -0.387. The molecule has 0 spiro atoms. The molecule has 2 N–H and O–H groups in total. The summed E-state index contributed by atoms with van der Waals surface area (Å²) in [6, 6.07) is 22.7. The molecule has 0 amide bonds. The van der Waals surface area contributed by atoms with Gasteiger partial charge in [0.1, 0.15) is 4.60 Å². The average Bonchev–Trinajstić information content (AvgIpc) is 3.40. The van der Waals surface area contributed by atoms with E-state index in [0.29, 0.717) is 25.9 Å². The lowest BCUT2D eigenvalue weighted by Crippen LogP contribution is -2.41. The molecule has 0 unspecified atom stereocenters. The van der Waals surface area contributed by atoms with Crippen LogP contribution in [0.4, 0.5) is 30.2 Å². The third-order valence-electron chi connectivity index (χ3n) is 8.66. The fraction of sp³-hybridized carbons (Fsp3) is 0.154. The number of hydrogen-bond donors (Lipinski definition) is 1. The van der Waals surface area contributed by atoms with E-state index in [4.69, 9.17) is 49.8 Å². The fourth-order valence-electron chi connectivity index (χ4n) is 4.94. The number of nitrogens with zero attached hydrogens (tertiary/aromatic N) is 5. The fourth-order valence-corrected chi connectivity index (χ4v) is 5.76. The summed E-state index contributed by atoms with van der Waals surface area (Å²) in [5.74, 6) is -2.33. The van der Waals surface area contributed by atoms with Crippen molar-refractivity contribution in [2.45, 2.75) is 38.9 Å². The second kappa shape index (κ2) is 20.2. The van der Waals surface area contributed by atoms with Gasteiger partial charge < -0.3 is 15.0 Å². The van der Waals surface area contributed by atoms with Crippen molar-refractivity contribution in [2.75, 3.05) is 5.73 Å². The molecular formula is C39H32BBrCl3F3N6O6. The lowest BCUT2D eigenvalue weighted by atomic mass is 9.78. The standard InChI is InChI=1S/C12H15BFNO4.C11H6ClFN2O2.C11H8ClFN2.C5H3BrClN/c1-11(2)12(3,4)19-13(18-11)8-6-5-7-9(10(8)14)15(16)17;12-8-4-2-6-14-11(8)7-3-1-5-9(10(7)13)15(16)17;12-8-4-2-6-15-11(8)7-3-1-5-9(14)10(7)13;6-5-4(7)2-1-3-8-5/h5-7H,1-4H3;1-6H;1-6H,14H2;1-3H. The predicted octanol–water partition coefficient (Wildman–Crippen LogP) is 11.1. The molecule has 7 rings (SSSR count). The van der Waals surface area contributed by atoms with E-state index in [1.807, 2.05) is 27.7 Å². The Morgan fingerprint density at radius 3 is 1.49 bits per heavy atom. The van der Waals surface area contributed by atoms with Crippen molar-refractivity contribution in [2.24, 2.45) is 0 Å². The Balaban J connectivity index is 0.000000180. The van der Waals surface area contributed by atoms with Crippen molar-refractivity contribution in [1.82, 2.24) is 15.0 Å². The van der Waals surface area contributed by atoms with Gasteiger partial charge in [0, 0.05) is 47.3 Å². The Labute approximate surface area is 360 Å². The normalized spacial score (nSPS) is 13.4. The van der Waals surface area contributed by atoms with Crippen molar-refractivity contribution in [3.63, 3.8) is 0 Å². The highest BCUT2D eigenvalue weighted by Gasteiger charge is 2.53. The maximum Gasteiger partial charge on any atom is 0.498 e. The zero-order chi connectivity index (χ0) is 43.7. The van der Waals surface area contributed by atoms with Gasteiger partial charge in [-0.1, -0.05) is 59.1 Å². The van der Waals surface area contributed by atoms with Crippen LogP contribution in [-0.4, -0.2) is 43.1 Å². The summed E-state index contributed by atoms with van der Waals surface area (Å²) in [4.78, 5) is 31.6. The number of nitrogen functional groups attached to an aromatic ring is 1. The molecule has 0 saturated carbocycles. The number of nitrogens with two attached hydrogens (primary N) is 1. The summed E-state index contributed by atoms with van der Waals surface area (Å²) in [7, 11) is -0.940. The van der Waals surface area contributed by atoms with E-state index < -0.39 is 57.0 Å². The third-order valence-corrected chi connectivity index (χ3v) is 10.4. The van der Waals surface area contributed by atoms with E-state index in [-0.39, 0.29) is 27.4 Å². The summed E-state index contributed by atoms with van der Waals surface area (Å²) in [5.41, 5.74) is 4.14. The quantitative estimate of drug-likeness (QED) is 0.0577. The van der Waals surface area contributed by atoms with Gasteiger partial charge in [0.2, 0.25) is 5.82 Å². The maximum absolute atomic E-state index is 14.1. The van der Waals surface area contributed by atoms with E-state index in [1.54, 1.807) is 60.9 Å². The number of nitro groups is 2. The van der Waals surface area contributed by atoms with Crippen LogP contribution in [0.25, 0.3) is 22.5 Å². The third kappa shape index (κ3) is 11.5. The molecule has 0 atom stereocenters. The number of hydrogen-bond acceptors (Lipinski definition) is 10. The van der Waals surface area contributed by atoms with Gasteiger partial charge in [-0.25, -0.2) is 9.37 Å². The number of pyridine rings is 3. The smallest absolute Gasteiger partial charge is 0.399 e. The molecule has 20 heteroatoms. The minimum atomic E-state index is -0.940. The van der Waals surface area contributed by atoms with E-state index in [2.05, 4.69) is 30.9 Å². The zero-order valence-electron chi connectivity index (χ0n) is 31.4. The summed E-state index contributed by atoms with van der Waals surface area (Å²) < 4.78 is 53.6. The van der Waals surface area contributed by atoms with Crippen LogP contribution in [0.3, 0.4) is 0 Å². The van der Waals surface area contributed by atoms with Crippen LogP contribution < -0.4 is 11.2 Å². The number of aromatic nitrogens is 3. The molecule has 12 nitrogen and oxygen atoms in total. The van der Waals surface area contributed by atoms with Crippen molar-refractivity contribution in [3.8, 4) is 22.5 Å². The molecule has 3 aromatic carbocycles. The number of rotatable bonds is 5. The monoisotopic (exact) mass is 932 g/mol. The van der Waals surface area contributed by atoms with Crippen LogP contribution in [0.1, 0.15) is 27.7 Å². The Kier molecular flexibility index (Phi) is 15.9. The van der Waals surface area contributed by atoms with Gasteiger partial charge in [-0.05, 0) is 98.2 Å². The molecule has 1 saturated heterocycles. The summed E-state index contributed by atoms with van der Waals surface area (Å²) in [6.45, 7) is 7.34. The van der Waals surface area contributed by atoms with E-state index in [1.165, 1.54) is 36.5 Å². The maximum atomic E-state index is 14.1. The van der Waals surface area contributed by atoms with Gasteiger partial charge in [0.05, 0.1) is 53.2 Å². The molecule has 3 aromatic heterocycles. The Morgan fingerprint density at radius 2 is 1.05 bits per heavy atom. The first-order chi connectivity index (χ1) is 27.8. The molecule has 59 heavy (non-hydrogen) atoms. The second-order valence-electron chi connectivity index (χ2n) is 13.1. The van der Waals surface area contributed by atoms with Gasteiger partial charge >= 0.3 is 18.5 Å². The Hall–Kier alpha value is -5.17. The molecule has 4 heterocycles. The predicted molar refractivity (Wildman–Crippen MR) is 226 cm³/mol. The molecule has 306 valence electrons. The van der Waals surface area contributed by atoms with Gasteiger partial charge in [0.15, 0.2) is 11.6 Å². The summed E-state index contributed by atoms with van der Waals surface area (Å²) in [6.07, 6.45) is 4.68. The molecule has 0 radical (unpaired) electrons. The first kappa shape index (κ1) is 46.5. The van der Waals surface area contributed by atoms with E-state index in [0.717, 1.165) is 12.1 Å². The van der Waals surface area contributed by atoms with E-state index >= 15 is 0 Å². The van der Waals surface area contributed by atoms with Gasteiger partial charge in [-0.3, -0.25) is 30.2 Å². The SMILES string of the molecule is CC1(C)OB(c2cccc([N+](=O)[O-])c2F)OC1(C)C.Clc1cccnc1Br.Nc1cccc(-c2ncccc2Cl)c1F.O=[N+]([O-])c1cccc(-c2ncccc2Cl)c1F. The zero-order valence-corrected chi connectivity index (χ0v) is 35.2. The van der Waals surface area contributed by atoms with Crippen molar-refractivity contribution < 1.29 is 32.3 Å². The second-order valence-corrected chi connectivity index (χ2v) is 15.0. The minimum absolute atomic E-state index is 0.0183. The first-order valence-electron chi connectivity index (χ1n) is 17.0. The molecule has 1 fully saturated rings. The van der Waals surface area contributed by atoms with Crippen molar-refractivity contribution >= 4 is 80.4 Å². The van der Waals surface area contributed by atoms with E-state index in [9.17, 15) is 33.4 Å². The highest BCUT2D eigenvalue weighted by Crippen LogP contribution is 2.37. The van der Waals surface area contributed by atoms with Crippen LogP contribution in [-0.2, 0) is 9.31 Å². The number of halogens is 7.